The number of nitrogens with zero attached hydrogens (tertiary/aromatic N) is 5. The zero-order valence-electron chi connectivity index (χ0n) is 15.6. The Bertz CT molecular complexity index is 709. The normalized spacial score (nSPS) is 22.1. The van der Waals surface area contributed by atoms with Crippen molar-refractivity contribution in [2.24, 2.45) is 5.92 Å². The van der Waals surface area contributed by atoms with Crippen molar-refractivity contribution in [2.75, 3.05) is 64.9 Å². The van der Waals surface area contributed by atoms with E-state index in [2.05, 4.69) is 31.9 Å². The number of benzene rings is 1. The average molecular weight is 357 g/mol. The van der Waals surface area contributed by atoms with Crippen LogP contribution in [0.25, 0.3) is 11.4 Å². The Kier molecular flexibility index (Phi) is 5.08. The molecular formula is C19H27N5O2. The summed E-state index contributed by atoms with van der Waals surface area (Å²) in [5, 5.41) is 4.14. The Morgan fingerprint density at radius 3 is 2.54 bits per heavy atom. The third-order valence-corrected chi connectivity index (χ3v) is 5.41. The van der Waals surface area contributed by atoms with Crippen LogP contribution in [0.15, 0.2) is 28.8 Å². The average Bonchev–Trinajstić information content (AvgIpc) is 3.32. The van der Waals surface area contributed by atoms with Gasteiger partial charge >= 0.3 is 6.01 Å². The van der Waals surface area contributed by atoms with Gasteiger partial charge < -0.3 is 19.1 Å². The van der Waals surface area contributed by atoms with E-state index in [4.69, 9.17) is 9.26 Å². The maximum Gasteiger partial charge on any atom is 0.324 e. The maximum atomic E-state index is 5.51. The van der Waals surface area contributed by atoms with E-state index < -0.39 is 0 Å². The van der Waals surface area contributed by atoms with Gasteiger partial charge in [0.25, 0.3) is 0 Å². The van der Waals surface area contributed by atoms with Gasteiger partial charge in [-0.05, 0) is 50.2 Å². The molecule has 0 aliphatic carbocycles. The molecule has 3 heterocycles. The summed E-state index contributed by atoms with van der Waals surface area (Å²) >= 11 is 0. The van der Waals surface area contributed by atoms with Crippen LogP contribution in [0.1, 0.15) is 6.42 Å². The molecule has 0 N–H and O–H groups in total. The highest BCUT2D eigenvalue weighted by atomic mass is 16.5. The number of hydrogen-bond donors (Lipinski definition) is 0. The minimum atomic E-state index is 0.621. The van der Waals surface area contributed by atoms with Crippen molar-refractivity contribution in [3.8, 4) is 17.1 Å². The first-order chi connectivity index (χ1) is 12.7. The van der Waals surface area contributed by atoms with E-state index >= 15 is 0 Å². The zero-order chi connectivity index (χ0) is 17.9. The van der Waals surface area contributed by atoms with E-state index in [1.807, 2.05) is 24.3 Å². The quantitative estimate of drug-likeness (QED) is 0.809. The summed E-state index contributed by atoms with van der Waals surface area (Å²) < 4.78 is 10.7. The molecule has 26 heavy (non-hydrogen) atoms. The van der Waals surface area contributed by atoms with E-state index in [1.165, 1.54) is 26.1 Å². The molecule has 2 fully saturated rings. The maximum absolute atomic E-state index is 5.51. The number of likely N-dealkylation sites (tertiary alicyclic amines) is 1. The van der Waals surface area contributed by atoms with Crippen LogP contribution in [0, 0.1) is 5.92 Å². The monoisotopic (exact) mass is 357 g/mol. The van der Waals surface area contributed by atoms with Gasteiger partial charge in [0, 0.05) is 44.8 Å². The predicted octanol–water partition coefficient (Wildman–Crippen LogP) is 1.82. The standard InChI is InChI=1S/C19H27N5O2/c1-22-8-7-15(13-22)14-23-9-11-24(12-10-23)19-20-18(21-26-19)16-3-5-17(25-2)6-4-16/h3-6,15H,7-14H2,1-2H3. The Hall–Kier alpha value is -2.12. The van der Waals surface area contributed by atoms with Gasteiger partial charge in [-0.3, -0.25) is 4.90 Å². The summed E-state index contributed by atoms with van der Waals surface area (Å²) in [4.78, 5) is 11.8. The summed E-state index contributed by atoms with van der Waals surface area (Å²) in [6, 6.07) is 8.33. The number of aromatic nitrogens is 2. The molecule has 4 rings (SSSR count). The van der Waals surface area contributed by atoms with Crippen LogP contribution in [0.3, 0.4) is 0 Å². The lowest BCUT2D eigenvalue weighted by Crippen LogP contribution is -2.48. The fourth-order valence-electron chi connectivity index (χ4n) is 3.86. The van der Waals surface area contributed by atoms with E-state index in [0.717, 1.165) is 43.4 Å². The van der Waals surface area contributed by atoms with Crippen LogP contribution in [0.4, 0.5) is 6.01 Å². The smallest absolute Gasteiger partial charge is 0.324 e. The second-order valence-electron chi connectivity index (χ2n) is 7.33. The molecule has 2 aromatic rings. The zero-order valence-corrected chi connectivity index (χ0v) is 15.6. The minimum Gasteiger partial charge on any atom is -0.497 e. The minimum absolute atomic E-state index is 0.621. The van der Waals surface area contributed by atoms with Crippen molar-refractivity contribution in [3.63, 3.8) is 0 Å². The number of methoxy groups -OCH3 is 1. The van der Waals surface area contributed by atoms with Crippen molar-refractivity contribution in [2.45, 2.75) is 6.42 Å². The van der Waals surface area contributed by atoms with E-state index in [9.17, 15) is 0 Å². The van der Waals surface area contributed by atoms with Crippen LogP contribution in [-0.2, 0) is 0 Å². The van der Waals surface area contributed by atoms with Gasteiger partial charge in [0.05, 0.1) is 7.11 Å². The lowest BCUT2D eigenvalue weighted by molar-refractivity contribution is 0.214. The van der Waals surface area contributed by atoms with E-state index in [1.54, 1.807) is 7.11 Å². The van der Waals surface area contributed by atoms with Crippen LogP contribution in [-0.4, -0.2) is 79.9 Å². The predicted molar refractivity (Wildman–Crippen MR) is 101 cm³/mol. The molecule has 0 amide bonds. The van der Waals surface area contributed by atoms with Crippen molar-refractivity contribution in [1.29, 1.82) is 0 Å². The molecule has 0 radical (unpaired) electrons. The summed E-state index contributed by atoms with van der Waals surface area (Å²) in [6.07, 6.45) is 1.32. The molecule has 1 aromatic heterocycles. The largest absolute Gasteiger partial charge is 0.497 e. The van der Waals surface area contributed by atoms with Crippen LogP contribution in [0.5, 0.6) is 5.75 Å². The van der Waals surface area contributed by atoms with Crippen molar-refractivity contribution >= 4 is 6.01 Å². The Morgan fingerprint density at radius 1 is 1.12 bits per heavy atom. The topological polar surface area (TPSA) is 57.9 Å². The molecule has 2 aliphatic rings. The number of piperazine rings is 1. The van der Waals surface area contributed by atoms with Gasteiger partial charge in [0.2, 0.25) is 5.82 Å². The highest BCUT2D eigenvalue weighted by Crippen LogP contribution is 2.23. The Morgan fingerprint density at radius 2 is 1.88 bits per heavy atom. The second-order valence-corrected chi connectivity index (χ2v) is 7.33. The first-order valence-electron chi connectivity index (χ1n) is 9.35. The molecule has 2 saturated heterocycles. The lowest BCUT2D eigenvalue weighted by atomic mass is 10.1. The molecule has 0 spiro atoms. The Balaban J connectivity index is 1.32. The molecule has 140 valence electrons. The lowest BCUT2D eigenvalue weighted by Gasteiger charge is -2.34. The molecule has 7 nitrogen and oxygen atoms in total. The van der Waals surface area contributed by atoms with Crippen molar-refractivity contribution in [3.05, 3.63) is 24.3 Å². The van der Waals surface area contributed by atoms with Gasteiger partial charge in [0.1, 0.15) is 5.75 Å². The molecular weight excluding hydrogens is 330 g/mol. The Labute approximate surface area is 154 Å². The molecule has 1 unspecified atom stereocenters. The second kappa shape index (κ2) is 7.63. The van der Waals surface area contributed by atoms with Gasteiger partial charge in [-0.15, -0.1) is 0 Å². The molecule has 7 heteroatoms. The van der Waals surface area contributed by atoms with E-state index in [0.29, 0.717) is 11.8 Å². The first-order valence-corrected chi connectivity index (χ1v) is 9.35. The third-order valence-electron chi connectivity index (χ3n) is 5.41. The molecule has 0 bridgehead atoms. The van der Waals surface area contributed by atoms with Crippen LogP contribution >= 0.6 is 0 Å². The van der Waals surface area contributed by atoms with Crippen molar-refractivity contribution < 1.29 is 9.26 Å². The van der Waals surface area contributed by atoms with Crippen molar-refractivity contribution in [1.82, 2.24) is 19.9 Å². The number of ether oxygens (including phenoxy) is 1. The fourth-order valence-corrected chi connectivity index (χ4v) is 3.86. The molecule has 2 aliphatic heterocycles. The summed E-state index contributed by atoms with van der Waals surface area (Å²) in [5.74, 6) is 2.26. The summed E-state index contributed by atoms with van der Waals surface area (Å²) in [6.45, 7) is 7.66. The highest BCUT2D eigenvalue weighted by molar-refractivity contribution is 5.56. The van der Waals surface area contributed by atoms with Gasteiger partial charge in [0.15, 0.2) is 0 Å². The summed E-state index contributed by atoms with van der Waals surface area (Å²) in [5.41, 5.74) is 0.935. The van der Waals surface area contributed by atoms with E-state index in [-0.39, 0.29) is 0 Å². The molecule has 1 atom stereocenters. The van der Waals surface area contributed by atoms with Gasteiger partial charge in [-0.25, -0.2) is 0 Å². The van der Waals surface area contributed by atoms with Crippen LogP contribution in [0.2, 0.25) is 0 Å². The van der Waals surface area contributed by atoms with Crippen LogP contribution < -0.4 is 9.64 Å². The number of anilines is 1. The van der Waals surface area contributed by atoms with Gasteiger partial charge in [-0.1, -0.05) is 5.16 Å². The fraction of sp³-hybridized carbons (Fsp3) is 0.579. The summed E-state index contributed by atoms with van der Waals surface area (Å²) in [7, 11) is 3.87. The third kappa shape index (κ3) is 3.83. The molecule has 0 saturated carbocycles. The number of hydrogen-bond acceptors (Lipinski definition) is 7. The van der Waals surface area contributed by atoms with Gasteiger partial charge in [-0.2, -0.15) is 4.98 Å². The number of rotatable bonds is 5. The highest BCUT2D eigenvalue weighted by Gasteiger charge is 2.26. The first kappa shape index (κ1) is 17.3. The molecule has 1 aromatic carbocycles. The SMILES string of the molecule is COc1ccc(-c2noc(N3CCN(CC4CCN(C)C4)CC3)n2)cc1.